The third-order valence-corrected chi connectivity index (χ3v) is 9.68. The molecule has 2 aliphatic carbocycles. The van der Waals surface area contributed by atoms with E-state index in [1.54, 1.807) is 0 Å². The summed E-state index contributed by atoms with van der Waals surface area (Å²) in [5.74, 6) is -1.11. The molecule has 0 amide bonds. The van der Waals surface area contributed by atoms with E-state index in [-0.39, 0.29) is 55.5 Å². The van der Waals surface area contributed by atoms with Crippen molar-refractivity contribution < 1.29 is 89.9 Å². The molecule has 320 valence electrons. The molecular formula is C37H64O18. The highest BCUT2D eigenvalue weighted by atomic mass is 16.6. The van der Waals surface area contributed by atoms with E-state index in [1.165, 1.54) is 0 Å². The summed E-state index contributed by atoms with van der Waals surface area (Å²) in [4.78, 5) is 44.3. The van der Waals surface area contributed by atoms with E-state index in [2.05, 4.69) is 9.47 Å². The highest BCUT2D eigenvalue weighted by Crippen LogP contribution is 2.35. The minimum absolute atomic E-state index is 0. The van der Waals surface area contributed by atoms with Crippen molar-refractivity contribution in [3.63, 3.8) is 0 Å². The molecule has 0 bridgehead atoms. The quantitative estimate of drug-likeness (QED) is 0.106. The van der Waals surface area contributed by atoms with Crippen LogP contribution >= 0.6 is 0 Å². The van der Waals surface area contributed by atoms with Crippen LogP contribution in [0.1, 0.15) is 85.5 Å². The lowest BCUT2D eigenvalue weighted by Crippen LogP contribution is -2.58. The molecule has 0 aromatic carbocycles. The molecule has 10 unspecified atom stereocenters. The summed E-state index contributed by atoms with van der Waals surface area (Å²) in [5.41, 5.74) is 0. The van der Waals surface area contributed by atoms with E-state index in [4.69, 9.17) is 61.3 Å². The Kier molecular flexibility index (Phi) is 25.7. The minimum Gasteiger partial charge on any atom is -0.481 e. The van der Waals surface area contributed by atoms with Gasteiger partial charge in [0.05, 0.1) is 13.2 Å². The summed E-state index contributed by atoms with van der Waals surface area (Å²) in [7, 11) is 0. The van der Waals surface area contributed by atoms with E-state index in [1.807, 2.05) is 38.2 Å². The molecule has 0 radical (unpaired) electrons. The zero-order chi connectivity index (χ0) is 41.1. The summed E-state index contributed by atoms with van der Waals surface area (Å²) < 4.78 is 9.15. The van der Waals surface area contributed by atoms with Crippen LogP contribution < -0.4 is 0 Å². The van der Waals surface area contributed by atoms with Gasteiger partial charge in [0.2, 0.25) is 0 Å². The molecule has 4 fully saturated rings. The molecule has 12 N–H and O–H groups in total. The van der Waals surface area contributed by atoms with Crippen LogP contribution in [0.3, 0.4) is 0 Å². The van der Waals surface area contributed by atoms with Crippen molar-refractivity contribution in [1.82, 2.24) is 0 Å². The van der Waals surface area contributed by atoms with Gasteiger partial charge in [0.15, 0.2) is 12.6 Å². The molecule has 2 aliphatic heterocycles. The first-order valence-electron chi connectivity index (χ1n) is 18.2. The third-order valence-electron chi connectivity index (χ3n) is 9.68. The second kappa shape index (κ2) is 27.0. The number of carboxylic acid groups (broad SMARTS) is 2. The van der Waals surface area contributed by atoms with Gasteiger partial charge >= 0.3 is 11.9 Å². The van der Waals surface area contributed by atoms with Crippen LogP contribution in [0, 0.1) is 23.7 Å². The van der Waals surface area contributed by atoms with Crippen molar-refractivity contribution in [3.8, 4) is 0 Å². The van der Waals surface area contributed by atoms with Crippen LogP contribution in [0.5, 0.6) is 0 Å². The summed E-state index contributed by atoms with van der Waals surface area (Å²) in [6.45, 7) is 3.04. The lowest BCUT2D eigenvalue weighted by Gasteiger charge is -2.37. The molecule has 55 heavy (non-hydrogen) atoms. The van der Waals surface area contributed by atoms with Gasteiger partial charge in [-0.2, -0.15) is 0 Å². The maximum atomic E-state index is 11.5. The maximum absolute atomic E-state index is 11.5. The maximum Gasteiger partial charge on any atom is 0.303 e. The van der Waals surface area contributed by atoms with E-state index in [0.29, 0.717) is 25.7 Å². The number of allylic oxidation sites excluding steroid dienone is 4. The predicted octanol–water partition coefficient (Wildman–Crippen LogP) is -0.981. The largest absolute Gasteiger partial charge is 0.481 e. The molecule has 0 spiro atoms. The number of carbonyl (C=O) groups excluding carboxylic acids is 2. The van der Waals surface area contributed by atoms with Crippen LogP contribution in [-0.4, -0.2) is 159 Å². The van der Waals surface area contributed by atoms with Crippen molar-refractivity contribution >= 4 is 23.5 Å². The SMILES string of the molecule is C.CC/C=C/C[C@H]1C(=O)CC[C@H]1CC(=O)O.CC/C=C\C[C@H]1C(=O)CC[C@H]1CC(=O)O.OCC1OC(O)C(O)C(O)C1O.OCC1OC(O)C(O)C(O)C1O. The van der Waals surface area contributed by atoms with Crippen molar-refractivity contribution in [2.75, 3.05) is 13.2 Å². The topological polar surface area (TPSA) is 330 Å². The molecular weight excluding hydrogens is 732 g/mol. The van der Waals surface area contributed by atoms with Crippen LogP contribution in [0.25, 0.3) is 0 Å². The van der Waals surface area contributed by atoms with Crippen LogP contribution in [0.15, 0.2) is 24.3 Å². The number of ketones is 2. The molecule has 2 saturated carbocycles. The Bertz CT molecular complexity index is 1100. The zero-order valence-electron chi connectivity index (χ0n) is 30.7. The van der Waals surface area contributed by atoms with Gasteiger partial charge in [0.1, 0.15) is 60.4 Å². The lowest BCUT2D eigenvalue weighted by atomic mass is 9.89. The van der Waals surface area contributed by atoms with Crippen LogP contribution in [0.4, 0.5) is 0 Å². The lowest BCUT2D eigenvalue weighted by molar-refractivity contribution is -0.286. The molecule has 14 atom stereocenters. The fraction of sp³-hybridized carbons (Fsp3) is 0.784. The number of hydrogen-bond acceptors (Lipinski definition) is 16. The number of aliphatic hydroxyl groups is 10. The van der Waals surface area contributed by atoms with Gasteiger partial charge in [0, 0.05) is 37.5 Å². The number of rotatable bonds is 12. The van der Waals surface area contributed by atoms with Crippen molar-refractivity contribution in [2.24, 2.45) is 23.7 Å². The van der Waals surface area contributed by atoms with Crippen LogP contribution in [0.2, 0.25) is 0 Å². The second-order valence-corrected chi connectivity index (χ2v) is 13.6. The van der Waals surface area contributed by atoms with E-state index in [9.17, 15) is 19.2 Å². The molecule has 2 saturated heterocycles. The number of aliphatic carboxylic acids is 2. The van der Waals surface area contributed by atoms with Gasteiger partial charge in [-0.3, -0.25) is 19.2 Å². The van der Waals surface area contributed by atoms with Gasteiger partial charge in [0.25, 0.3) is 0 Å². The standard InChI is InChI=1S/2C12H18O3.2C6H12O6.CH4/c2*1-2-3-4-5-10-9(8-12(14)15)6-7-11(10)13;2*7-1-2-3(8)4(9)5(10)6(11)12-2;/h2*3-4,9-10H,2,5-8H2,1H3,(H,14,15);2*2-11H,1H2;1H4/b4-3+;4-3-;;;/t2*9-,10+;;;/m00.../s1. The highest BCUT2D eigenvalue weighted by Gasteiger charge is 2.43. The smallest absolute Gasteiger partial charge is 0.303 e. The molecule has 0 aromatic rings. The Morgan fingerprint density at radius 1 is 0.582 bits per heavy atom. The molecule has 4 aliphatic rings. The molecule has 18 nitrogen and oxygen atoms in total. The van der Waals surface area contributed by atoms with Gasteiger partial charge in [-0.05, 0) is 50.4 Å². The first-order chi connectivity index (χ1) is 25.4. The second-order valence-electron chi connectivity index (χ2n) is 13.6. The molecule has 18 heteroatoms. The van der Waals surface area contributed by atoms with Gasteiger partial charge in [-0.25, -0.2) is 0 Å². The van der Waals surface area contributed by atoms with E-state index >= 15 is 0 Å². The monoisotopic (exact) mass is 796 g/mol. The molecule has 4 rings (SSSR count). The molecule has 0 aromatic heterocycles. The summed E-state index contributed by atoms with van der Waals surface area (Å²) >= 11 is 0. The summed E-state index contributed by atoms with van der Waals surface area (Å²) in [6, 6.07) is 0. The number of carboxylic acids is 2. The zero-order valence-corrected chi connectivity index (χ0v) is 30.7. The fourth-order valence-corrected chi connectivity index (χ4v) is 6.52. The van der Waals surface area contributed by atoms with Gasteiger partial charge in [-0.1, -0.05) is 45.6 Å². The van der Waals surface area contributed by atoms with Crippen LogP contribution in [-0.2, 0) is 28.7 Å². The predicted molar refractivity (Wildman–Crippen MR) is 194 cm³/mol. The Morgan fingerprint density at radius 2 is 0.909 bits per heavy atom. The Hall–Kier alpha value is -2.72. The summed E-state index contributed by atoms with van der Waals surface area (Å²) in [5, 5.41) is 107. The Morgan fingerprint density at radius 3 is 1.18 bits per heavy atom. The third kappa shape index (κ3) is 17.1. The number of hydrogen-bond donors (Lipinski definition) is 12. The average molecular weight is 797 g/mol. The number of Topliss-reactive ketones (excluding diaryl/α,β-unsaturated/α-hetero) is 2. The van der Waals surface area contributed by atoms with E-state index < -0.39 is 86.6 Å². The first-order valence-corrected chi connectivity index (χ1v) is 18.2. The van der Waals surface area contributed by atoms with Crippen molar-refractivity contribution in [2.45, 2.75) is 147 Å². The van der Waals surface area contributed by atoms with E-state index in [0.717, 1.165) is 25.7 Å². The minimum atomic E-state index is -1.57. The first kappa shape index (κ1) is 52.3. The Balaban J connectivity index is 0.000000706. The highest BCUT2D eigenvalue weighted by molar-refractivity contribution is 5.85. The van der Waals surface area contributed by atoms with Gasteiger partial charge < -0.3 is 70.8 Å². The van der Waals surface area contributed by atoms with Crippen molar-refractivity contribution in [3.05, 3.63) is 24.3 Å². The normalized spacial score (nSPS) is 35.9. The number of carbonyl (C=O) groups is 4. The summed E-state index contributed by atoms with van der Waals surface area (Å²) in [6.07, 6.45) is 0.216. The van der Waals surface area contributed by atoms with Gasteiger partial charge in [-0.15, -0.1) is 0 Å². The fourth-order valence-electron chi connectivity index (χ4n) is 6.52. The average Bonchev–Trinajstić information content (AvgIpc) is 3.65. The molecule has 2 heterocycles. The number of aliphatic hydroxyl groups excluding tert-OH is 10. The number of ether oxygens (including phenoxy) is 2. The van der Waals surface area contributed by atoms with Crippen molar-refractivity contribution in [1.29, 1.82) is 0 Å². The Labute approximate surface area is 321 Å².